The number of hydrogen-bond acceptors (Lipinski definition) is 3. The largest absolute Gasteiger partial charge is 0.356 e. The molecular formula is C18H33IN4S. The van der Waals surface area contributed by atoms with Crippen molar-refractivity contribution in [2.75, 3.05) is 26.7 Å². The first-order chi connectivity index (χ1) is 11.1. The van der Waals surface area contributed by atoms with Crippen LogP contribution < -0.4 is 10.6 Å². The summed E-state index contributed by atoms with van der Waals surface area (Å²) in [5, 5.41) is 9.17. The molecule has 0 amide bonds. The molecule has 0 aliphatic carbocycles. The molecule has 2 atom stereocenters. The van der Waals surface area contributed by atoms with Crippen molar-refractivity contribution in [3.8, 4) is 0 Å². The van der Waals surface area contributed by atoms with Gasteiger partial charge in [0.05, 0.1) is 0 Å². The molecule has 1 aromatic rings. The van der Waals surface area contributed by atoms with E-state index in [2.05, 4.69) is 58.8 Å². The van der Waals surface area contributed by atoms with Crippen molar-refractivity contribution in [2.45, 2.75) is 46.2 Å². The maximum Gasteiger partial charge on any atom is 0.191 e. The number of aliphatic imine (C=N–C) groups is 1. The molecule has 2 N–H and O–H groups in total. The van der Waals surface area contributed by atoms with E-state index in [1.165, 1.54) is 30.8 Å². The molecule has 1 aliphatic heterocycles. The van der Waals surface area contributed by atoms with Gasteiger partial charge in [-0.2, -0.15) is 0 Å². The highest BCUT2D eigenvalue weighted by Gasteiger charge is 2.20. The van der Waals surface area contributed by atoms with Crippen LogP contribution in [0.25, 0.3) is 0 Å². The summed E-state index contributed by atoms with van der Waals surface area (Å²) in [5.41, 5.74) is 0. The Balaban J connectivity index is 0.00000288. The standard InChI is InChI=1S/C18H32N4S.HI/c1-14(2)15(3)21-18(19-4)20-11-16-7-5-9-22(12-16)13-17-8-6-10-23-17;/h6,8,10,14-16H,5,7,9,11-13H2,1-4H3,(H2,19,20,21);1H. The fourth-order valence-corrected chi connectivity index (χ4v) is 3.65. The van der Waals surface area contributed by atoms with Crippen molar-refractivity contribution in [3.05, 3.63) is 22.4 Å². The van der Waals surface area contributed by atoms with E-state index in [-0.39, 0.29) is 24.0 Å². The van der Waals surface area contributed by atoms with Crippen LogP contribution in [0.3, 0.4) is 0 Å². The van der Waals surface area contributed by atoms with Crippen LogP contribution in [0.2, 0.25) is 0 Å². The lowest BCUT2D eigenvalue weighted by Crippen LogP contribution is -2.47. The molecule has 2 rings (SSSR count). The number of guanidine groups is 1. The van der Waals surface area contributed by atoms with Gasteiger partial charge in [0, 0.05) is 37.6 Å². The third-order valence-corrected chi connectivity index (χ3v) is 5.57. The Morgan fingerprint density at radius 2 is 2.21 bits per heavy atom. The number of halogens is 1. The van der Waals surface area contributed by atoms with Gasteiger partial charge in [0.1, 0.15) is 0 Å². The van der Waals surface area contributed by atoms with Gasteiger partial charge in [-0.15, -0.1) is 35.3 Å². The molecule has 1 aliphatic rings. The molecule has 0 radical (unpaired) electrons. The fourth-order valence-electron chi connectivity index (χ4n) is 2.90. The molecule has 2 unspecified atom stereocenters. The van der Waals surface area contributed by atoms with E-state index >= 15 is 0 Å². The highest BCUT2D eigenvalue weighted by molar-refractivity contribution is 14.0. The summed E-state index contributed by atoms with van der Waals surface area (Å²) in [6, 6.07) is 4.82. The lowest BCUT2D eigenvalue weighted by atomic mass is 9.98. The number of hydrogen-bond donors (Lipinski definition) is 2. The van der Waals surface area contributed by atoms with Crippen LogP contribution >= 0.6 is 35.3 Å². The van der Waals surface area contributed by atoms with Gasteiger partial charge in [-0.1, -0.05) is 19.9 Å². The molecule has 138 valence electrons. The van der Waals surface area contributed by atoms with Crippen LogP contribution in [0.4, 0.5) is 0 Å². The van der Waals surface area contributed by atoms with Crippen LogP contribution in [0.1, 0.15) is 38.5 Å². The van der Waals surface area contributed by atoms with Crippen LogP contribution in [-0.4, -0.2) is 43.6 Å². The zero-order valence-electron chi connectivity index (χ0n) is 15.4. The molecule has 24 heavy (non-hydrogen) atoms. The van der Waals surface area contributed by atoms with Gasteiger partial charge < -0.3 is 10.6 Å². The summed E-state index contributed by atoms with van der Waals surface area (Å²) >= 11 is 1.86. The Hall–Kier alpha value is -0.340. The Bertz CT molecular complexity index is 475. The van der Waals surface area contributed by atoms with E-state index < -0.39 is 0 Å². The molecule has 6 heteroatoms. The molecule has 0 spiro atoms. The lowest BCUT2D eigenvalue weighted by molar-refractivity contribution is 0.169. The third-order valence-electron chi connectivity index (χ3n) is 4.71. The van der Waals surface area contributed by atoms with E-state index in [0.717, 1.165) is 19.0 Å². The second kappa shape index (κ2) is 11.3. The second-order valence-corrected chi connectivity index (χ2v) is 7.99. The van der Waals surface area contributed by atoms with Crippen molar-refractivity contribution in [1.82, 2.24) is 15.5 Å². The van der Waals surface area contributed by atoms with Gasteiger partial charge in [0.2, 0.25) is 0 Å². The monoisotopic (exact) mass is 464 g/mol. The normalized spacial score (nSPS) is 20.5. The van der Waals surface area contributed by atoms with E-state index in [9.17, 15) is 0 Å². The van der Waals surface area contributed by atoms with Gasteiger partial charge in [0.25, 0.3) is 0 Å². The first kappa shape index (κ1) is 21.7. The van der Waals surface area contributed by atoms with Crippen LogP contribution in [-0.2, 0) is 6.54 Å². The average Bonchev–Trinajstić information content (AvgIpc) is 3.04. The van der Waals surface area contributed by atoms with Gasteiger partial charge in [-0.3, -0.25) is 9.89 Å². The Morgan fingerprint density at radius 3 is 2.83 bits per heavy atom. The summed E-state index contributed by atoms with van der Waals surface area (Å²) in [6.07, 6.45) is 2.61. The Morgan fingerprint density at radius 1 is 1.42 bits per heavy atom. The van der Waals surface area contributed by atoms with Crippen molar-refractivity contribution in [3.63, 3.8) is 0 Å². The average molecular weight is 464 g/mol. The SMILES string of the molecule is CN=C(NCC1CCCN(Cc2cccs2)C1)NC(C)C(C)C.I. The zero-order valence-corrected chi connectivity index (χ0v) is 18.6. The number of nitrogens with zero attached hydrogens (tertiary/aromatic N) is 2. The van der Waals surface area contributed by atoms with Gasteiger partial charge in [0.15, 0.2) is 5.96 Å². The summed E-state index contributed by atoms with van der Waals surface area (Å²) < 4.78 is 0. The number of rotatable bonds is 6. The highest BCUT2D eigenvalue weighted by atomic mass is 127. The predicted molar refractivity (Wildman–Crippen MR) is 117 cm³/mol. The van der Waals surface area contributed by atoms with Crippen LogP contribution in [0.15, 0.2) is 22.5 Å². The second-order valence-electron chi connectivity index (χ2n) is 6.95. The van der Waals surface area contributed by atoms with Gasteiger partial charge in [-0.25, -0.2) is 0 Å². The highest BCUT2D eigenvalue weighted by Crippen LogP contribution is 2.19. The molecule has 1 aromatic heterocycles. The van der Waals surface area contributed by atoms with Crippen molar-refractivity contribution in [2.24, 2.45) is 16.8 Å². The molecular weight excluding hydrogens is 431 g/mol. The number of nitrogens with one attached hydrogen (secondary N) is 2. The Kier molecular flexibility index (Phi) is 10.2. The first-order valence-electron chi connectivity index (χ1n) is 8.80. The molecule has 0 saturated carbocycles. The molecule has 0 bridgehead atoms. The van der Waals surface area contributed by atoms with E-state index in [1.807, 2.05) is 18.4 Å². The number of likely N-dealkylation sites (tertiary alicyclic amines) is 1. The molecule has 2 heterocycles. The smallest absolute Gasteiger partial charge is 0.191 e. The van der Waals surface area contributed by atoms with Crippen molar-refractivity contribution < 1.29 is 0 Å². The first-order valence-corrected chi connectivity index (χ1v) is 9.68. The van der Waals surface area contributed by atoms with E-state index in [4.69, 9.17) is 0 Å². The summed E-state index contributed by atoms with van der Waals surface area (Å²) in [7, 11) is 1.85. The van der Waals surface area contributed by atoms with E-state index in [1.54, 1.807) is 0 Å². The molecule has 1 saturated heterocycles. The number of thiophene rings is 1. The topological polar surface area (TPSA) is 39.7 Å². The summed E-state index contributed by atoms with van der Waals surface area (Å²) in [5.74, 6) is 2.24. The predicted octanol–water partition coefficient (Wildman–Crippen LogP) is 3.79. The Labute approximate surface area is 168 Å². The molecule has 4 nitrogen and oxygen atoms in total. The quantitative estimate of drug-likeness (QED) is 0.383. The molecule has 1 fully saturated rings. The van der Waals surface area contributed by atoms with Gasteiger partial charge >= 0.3 is 0 Å². The third kappa shape index (κ3) is 7.27. The van der Waals surface area contributed by atoms with Crippen molar-refractivity contribution in [1.29, 1.82) is 0 Å². The van der Waals surface area contributed by atoms with Crippen molar-refractivity contribution >= 4 is 41.3 Å². The lowest BCUT2D eigenvalue weighted by Gasteiger charge is -2.33. The maximum absolute atomic E-state index is 4.36. The zero-order chi connectivity index (χ0) is 16.7. The summed E-state index contributed by atoms with van der Waals surface area (Å²) in [6.45, 7) is 11.2. The summed E-state index contributed by atoms with van der Waals surface area (Å²) in [4.78, 5) is 8.42. The molecule has 0 aromatic carbocycles. The minimum absolute atomic E-state index is 0. The van der Waals surface area contributed by atoms with Gasteiger partial charge in [-0.05, 0) is 49.6 Å². The van der Waals surface area contributed by atoms with Crippen LogP contribution in [0.5, 0.6) is 0 Å². The number of piperidine rings is 1. The minimum atomic E-state index is 0. The van der Waals surface area contributed by atoms with E-state index in [0.29, 0.717) is 17.9 Å². The maximum atomic E-state index is 4.36. The fraction of sp³-hybridized carbons (Fsp3) is 0.722. The van der Waals surface area contributed by atoms with Crippen LogP contribution in [0, 0.1) is 11.8 Å². The minimum Gasteiger partial charge on any atom is -0.356 e.